The fraction of sp³-hybridized carbons (Fsp3) is 0.500. The van der Waals surface area contributed by atoms with E-state index in [4.69, 9.17) is 10.5 Å². The minimum atomic E-state index is 0.194. The van der Waals surface area contributed by atoms with Gasteiger partial charge in [0, 0.05) is 12.0 Å². The second-order valence-corrected chi connectivity index (χ2v) is 3.30. The van der Waals surface area contributed by atoms with Crippen molar-refractivity contribution < 1.29 is 4.74 Å². The molecule has 11 heavy (non-hydrogen) atoms. The third kappa shape index (κ3) is 2.29. The van der Waals surface area contributed by atoms with E-state index >= 15 is 0 Å². The van der Waals surface area contributed by atoms with Crippen molar-refractivity contribution in [2.75, 3.05) is 13.7 Å². The molecule has 0 radical (unpaired) electrons. The van der Waals surface area contributed by atoms with Gasteiger partial charge in [-0.3, -0.25) is 0 Å². The first kappa shape index (κ1) is 8.71. The molecular formula is C8H13NOS. The smallest absolute Gasteiger partial charge is 0.0924 e. The molecule has 0 aliphatic heterocycles. The zero-order valence-electron chi connectivity index (χ0n) is 6.62. The van der Waals surface area contributed by atoms with E-state index in [0.29, 0.717) is 6.54 Å². The van der Waals surface area contributed by atoms with Crippen molar-refractivity contribution >= 4 is 11.3 Å². The molecule has 1 rings (SSSR count). The predicted molar refractivity (Wildman–Crippen MR) is 47.7 cm³/mol. The van der Waals surface area contributed by atoms with Gasteiger partial charge in [-0.1, -0.05) is 6.07 Å². The number of thiophene rings is 1. The third-order valence-electron chi connectivity index (χ3n) is 1.57. The Labute approximate surface area is 71.0 Å². The van der Waals surface area contributed by atoms with Crippen LogP contribution < -0.4 is 5.73 Å². The van der Waals surface area contributed by atoms with Crippen molar-refractivity contribution in [1.29, 1.82) is 0 Å². The van der Waals surface area contributed by atoms with Crippen LogP contribution in [0.2, 0.25) is 0 Å². The first-order valence-corrected chi connectivity index (χ1v) is 4.52. The summed E-state index contributed by atoms with van der Waals surface area (Å²) in [5.41, 5.74) is 5.44. The van der Waals surface area contributed by atoms with Crippen LogP contribution in [0.5, 0.6) is 0 Å². The predicted octanol–water partition coefficient (Wildman–Crippen LogP) is 1.78. The highest BCUT2D eigenvalue weighted by atomic mass is 32.1. The summed E-state index contributed by atoms with van der Waals surface area (Å²) in [7, 11) is 1.72. The second kappa shape index (κ2) is 4.49. The van der Waals surface area contributed by atoms with Gasteiger partial charge in [0.25, 0.3) is 0 Å². The Morgan fingerprint density at radius 2 is 2.55 bits per heavy atom. The zero-order valence-corrected chi connectivity index (χ0v) is 7.43. The van der Waals surface area contributed by atoms with Crippen molar-refractivity contribution in [2.24, 2.45) is 5.73 Å². The molecular weight excluding hydrogens is 158 g/mol. The molecule has 3 heteroatoms. The topological polar surface area (TPSA) is 35.2 Å². The van der Waals surface area contributed by atoms with Crippen LogP contribution in [0.25, 0.3) is 0 Å². The normalized spacial score (nSPS) is 13.3. The summed E-state index contributed by atoms with van der Waals surface area (Å²) in [6, 6.07) is 4.11. The lowest BCUT2D eigenvalue weighted by Crippen LogP contribution is -2.07. The summed E-state index contributed by atoms with van der Waals surface area (Å²) in [6.45, 7) is 0.677. The minimum Gasteiger partial charge on any atom is -0.376 e. The molecule has 0 fully saturated rings. The van der Waals surface area contributed by atoms with Gasteiger partial charge in [-0.05, 0) is 24.4 Å². The van der Waals surface area contributed by atoms with Crippen LogP contribution in [0, 0.1) is 0 Å². The lowest BCUT2D eigenvalue weighted by molar-refractivity contribution is 0.101. The molecule has 1 aromatic heterocycles. The van der Waals surface area contributed by atoms with Crippen molar-refractivity contribution in [3.05, 3.63) is 22.4 Å². The van der Waals surface area contributed by atoms with Crippen molar-refractivity contribution in [3.8, 4) is 0 Å². The van der Waals surface area contributed by atoms with Crippen molar-refractivity contribution in [1.82, 2.24) is 0 Å². The van der Waals surface area contributed by atoms with Crippen LogP contribution >= 0.6 is 11.3 Å². The van der Waals surface area contributed by atoms with Gasteiger partial charge in [-0.15, -0.1) is 11.3 Å². The average Bonchev–Trinajstić information content (AvgIpc) is 2.52. The molecule has 0 saturated carbocycles. The second-order valence-electron chi connectivity index (χ2n) is 2.32. The van der Waals surface area contributed by atoms with E-state index in [1.54, 1.807) is 18.4 Å². The lowest BCUT2D eigenvalue weighted by Gasteiger charge is -2.11. The van der Waals surface area contributed by atoms with Crippen LogP contribution in [0.15, 0.2) is 17.5 Å². The standard InChI is InChI=1S/C8H13NOS/c1-10-7(4-5-9)8-3-2-6-11-8/h2-3,6-7H,4-5,9H2,1H3. The first-order valence-electron chi connectivity index (χ1n) is 3.64. The molecule has 0 saturated heterocycles. The Balaban J connectivity index is 2.56. The molecule has 0 amide bonds. The highest BCUT2D eigenvalue weighted by Crippen LogP contribution is 2.23. The van der Waals surface area contributed by atoms with Gasteiger partial charge in [-0.2, -0.15) is 0 Å². The summed E-state index contributed by atoms with van der Waals surface area (Å²) >= 11 is 1.72. The summed E-state index contributed by atoms with van der Waals surface area (Å²) < 4.78 is 5.27. The first-order chi connectivity index (χ1) is 5.38. The Hall–Kier alpha value is -0.380. The summed E-state index contributed by atoms with van der Waals surface area (Å²) in [6.07, 6.45) is 1.09. The van der Waals surface area contributed by atoms with E-state index in [-0.39, 0.29) is 6.10 Å². The number of methoxy groups -OCH3 is 1. The maximum absolute atomic E-state index is 5.44. The van der Waals surface area contributed by atoms with E-state index < -0.39 is 0 Å². The van der Waals surface area contributed by atoms with E-state index in [9.17, 15) is 0 Å². The fourth-order valence-corrected chi connectivity index (χ4v) is 1.84. The number of nitrogens with two attached hydrogens (primary N) is 1. The molecule has 1 heterocycles. The molecule has 62 valence electrons. The van der Waals surface area contributed by atoms with Gasteiger partial charge in [0.15, 0.2) is 0 Å². The molecule has 1 atom stereocenters. The number of rotatable bonds is 4. The van der Waals surface area contributed by atoms with Crippen molar-refractivity contribution in [2.45, 2.75) is 12.5 Å². The van der Waals surface area contributed by atoms with Crippen LogP contribution in [0.4, 0.5) is 0 Å². The van der Waals surface area contributed by atoms with E-state index in [0.717, 1.165) is 6.42 Å². The molecule has 1 unspecified atom stereocenters. The summed E-state index contributed by atoms with van der Waals surface area (Å²) in [5.74, 6) is 0. The SMILES string of the molecule is COC(CCN)c1cccs1. The molecule has 0 aliphatic carbocycles. The monoisotopic (exact) mass is 171 g/mol. The largest absolute Gasteiger partial charge is 0.376 e. The molecule has 0 bridgehead atoms. The molecule has 0 aliphatic rings. The highest BCUT2D eigenvalue weighted by molar-refractivity contribution is 7.10. The number of hydrogen-bond donors (Lipinski definition) is 1. The van der Waals surface area contributed by atoms with Gasteiger partial charge >= 0.3 is 0 Å². The lowest BCUT2D eigenvalue weighted by atomic mass is 10.2. The average molecular weight is 171 g/mol. The molecule has 2 N–H and O–H groups in total. The zero-order chi connectivity index (χ0) is 8.10. The van der Waals surface area contributed by atoms with Gasteiger partial charge in [0.2, 0.25) is 0 Å². The van der Waals surface area contributed by atoms with E-state index in [1.165, 1.54) is 4.88 Å². The number of ether oxygens (including phenoxy) is 1. The van der Waals surface area contributed by atoms with Crippen molar-refractivity contribution in [3.63, 3.8) is 0 Å². The summed E-state index contributed by atoms with van der Waals surface area (Å²) in [4.78, 5) is 1.26. The fourth-order valence-electron chi connectivity index (χ4n) is 1.00. The Morgan fingerprint density at radius 3 is 3.00 bits per heavy atom. The van der Waals surface area contributed by atoms with Gasteiger partial charge < -0.3 is 10.5 Å². The molecule has 0 aromatic carbocycles. The summed E-state index contributed by atoms with van der Waals surface area (Å²) in [5, 5.41) is 2.05. The molecule has 1 aromatic rings. The Kier molecular flexibility index (Phi) is 3.56. The van der Waals surface area contributed by atoms with E-state index in [2.05, 4.69) is 11.4 Å². The number of hydrogen-bond acceptors (Lipinski definition) is 3. The van der Waals surface area contributed by atoms with E-state index in [1.807, 2.05) is 6.07 Å². The Bertz CT molecular complexity index is 186. The quantitative estimate of drug-likeness (QED) is 0.749. The van der Waals surface area contributed by atoms with Crippen LogP contribution in [0.3, 0.4) is 0 Å². The third-order valence-corrected chi connectivity index (χ3v) is 2.54. The van der Waals surface area contributed by atoms with Crippen LogP contribution in [-0.2, 0) is 4.74 Å². The van der Waals surface area contributed by atoms with Gasteiger partial charge in [0.05, 0.1) is 6.10 Å². The highest BCUT2D eigenvalue weighted by Gasteiger charge is 2.08. The van der Waals surface area contributed by atoms with Crippen LogP contribution in [-0.4, -0.2) is 13.7 Å². The van der Waals surface area contributed by atoms with Gasteiger partial charge in [-0.25, -0.2) is 0 Å². The van der Waals surface area contributed by atoms with Crippen LogP contribution in [0.1, 0.15) is 17.4 Å². The van der Waals surface area contributed by atoms with Gasteiger partial charge in [0.1, 0.15) is 0 Å². The molecule has 2 nitrogen and oxygen atoms in total. The minimum absolute atomic E-state index is 0.194. The maximum Gasteiger partial charge on any atom is 0.0924 e. The maximum atomic E-state index is 5.44. The Morgan fingerprint density at radius 1 is 1.73 bits per heavy atom. The molecule has 0 spiro atoms.